The molecule has 0 atom stereocenters. The minimum Gasteiger partial charge on any atom is -0.373 e. The number of thioether (sulfide) groups is 1. The summed E-state index contributed by atoms with van der Waals surface area (Å²) < 4.78 is 0. The Labute approximate surface area is 118 Å². The van der Waals surface area contributed by atoms with Crippen molar-refractivity contribution in [1.29, 1.82) is 0 Å². The van der Waals surface area contributed by atoms with Crippen LogP contribution in [0.2, 0.25) is 0 Å². The molecule has 0 aliphatic carbocycles. The molecule has 2 aromatic rings. The summed E-state index contributed by atoms with van der Waals surface area (Å²) in [7, 11) is 1.80. The molecular weight excluding hydrogens is 282 g/mol. The second kappa shape index (κ2) is 6.07. The molecule has 19 heavy (non-hydrogen) atoms. The Balaban J connectivity index is 2.34. The Kier molecular flexibility index (Phi) is 4.43. The van der Waals surface area contributed by atoms with Gasteiger partial charge in [-0.25, -0.2) is 15.0 Å². The van der Waals surface area contributed by atoms with Gasteiger partial charge in [-0.2, -0.15) is 0 Å². The highest BCUT2D eigenvalue weighted by Crippen LogP contribution is 2.25. The monoisotopic (exact) mass is 295 g/mol. The van der Waals surface area contributed by atoms with E-state index in [1.165, 1.54) is 29.6 Å². The molecule has 0 unspecified atom stereocenters. The number of H-pyrrole nitrogens is 1. The second-order valence-electron chi connectivity index (χ2n) is 3.62. The van der Waals surface area contributed by atoms with Crippen LogP contribution in [0.1, 0.15) is 5.69 Å². The predicted octanol–water partition coefficient (Wildman–Crippen LogP) is 1.78. The molecule has 0 fully saturated rings. The smallest absolute Gasteiger partial charge is 0.251 e. The number of aryl methyl sites for hydroxylation is 1. The Hall–Kier alpha value is -1.54. The fraction of sp³-hybridized carbons (Fsp3) is 0.273. The summed E-state index contributed by atoms with van der Waals surface area (Å²) in [4.78, 5) is 27.0. The van der Waals surface area contributed by atoms with Gasteiger partial charge in [0.1, 0.15) is 10.8 Å². The van der Waals surface area contributed by atoms with Crippen LogP contribution in [0.4, 0.5) is 5.82 Å². The van der Waals surface area contributed by atoms with Crippen molar-refractivity contribution in [3.8, 4) is 0 Å². The highest BCUT2D eigenvalue weighted by atomic mass is 32.2. The van der Waals surface area contributed by atoms with E-state index in [1.54, 1.807) is 14.0 Å². The maximum absolute atomic E-state index is 11.4. The summed E-state index contributed by atoms with van der Waals surface area (Å²) in [6, 6.07) is 3.27. The van der Waals surface area contributed by atoms with Gasteiger partial charge in [-0.3, -0.25) is 4.79 Å². The summed E-state index contributed by atoms with van der Waals surface area (Å²) in [5, 5.41) is 4.91. The van der Waals surface area contributed by atoms with Crippen LogP contribution in [0.25, 0.3) is 0 Å². The second-order valence-corrected chi connectivity index (χ2v) is 5.40. The number of aromatic amines is 1. The minimum atomic E-state index is -0.164. The van der Waals surface area contributed by atoms with Crippen LogP contribution in [0.5, 0.6) is 0 Å². The van der Waals surface area contributed by atoms with Gasteiger partial charge >= 0.3 is 0 Å². The average molecular weight is 295 g/mol. The Morgan fingerprint density at radius 3 is 2.68 bits per heavy atom. The summed E-state index contributed by atoms with van der Waals surface area (Å²) in [6.07, 6.45) is 1.91. The summed E-state index contributed by atoms with van der Waals surface area (Å²) >= 11 is 2.77. The molecule has 8 heteroatoms. The molecule has 0 aliphatic rings. The molecule has 2 N–H and O–H groups in total. The largest absolute Gasteiger partial charge is 0.373 e. The first-order valence-electron chi connectivity index (χ1n) is 5.47. The summed E-state index contributed by atoms with van der Waals surface area (Å²) in [6.45, 7) is 1.78. The van der Waals surface area contributed by atoms with E-state index >= 15 is 0 Å². The normalized spacial score (nSPS) is 10.5. The SMILES string of the molecule is CNc1cc(Sc2nc(C)cc(=O)[nH]2)nc(SC)n1. The van der Waals surface area contributed by atoms with Crippen molar-refractivity contribution in [1.82, 2.24) is 19.9 Å². The zero-order chi connectivity index (χ0) is 13.8. The van der Waals surface area contributed by atoms with E-state index in [-0.39, 0.29) is 5.56 Å². The molecule has 2 rings (SSSR count). The molecule has 0 aromatic carbocycles. The third-order valence-electron chi connectivity index (χ3n) is 2.17. The lowest BCUT2D eigenvalue weighted by Crippen LogP contribution is -2.08. The van der Waals surface area contributed by atoms with Gasteiger partial charge in [-0.1, -0.05) is 11.8 Å². The van der Waals surface area contributed by atoms with Crippen molar-refractivity contribution in [3.63, 3.8) is 0 Å². The molecule has 100 valence electrons. The van der Waals surface area contributed by atoms with E-state index in [2.05, 4.69) is 25.3 Å². The van der Waals surface area contributed by atoms with Crippen LogP contribution < -0.4 is 10.9 Å². The fourth-order valence-electron chi connectivity index (χ4n) is 1.37. The standard InChI is InChI=1S/C11H13N5OS2/c1-6-4-8(17)15-11(13-6)19-9-5-7(12-2)14-10(16-9)18-3/h4-5H,1-3H3,(H,12,14,16)(H,13,15,17). The van der Waals surface area contributed by atoms with Crippen LogP contribution in [0, 0.1) is 6.92 Å². The zero-order valence-electron chi connectivity index (χ0n) is 10.7. The number of hydrogen-bond donors (Lipinski definition) is 2. The molecule has 0 saturated carbocycles. The first kappa shape index (κ1) is 13.9. The minimum absolute atomic E-state index is 0.164. The summed E-state index contributed by atoms with van der Waals surface area (Å²) in [5.74, 6) is 0.733. The Morgan fingerprint density at radius 1 is 1.26 bits per heavy atom. The van der Waals surface area contributed by atoms with Crippen LogP contribution >= 0.6 is 23.5 Å². The molecule has 0 amide bonds. The highest BCUT2D eigenvalue weighted by Gasteiger charge is 2.07. The maximum atomic E-state index is 11.4. The number of aromatic nitrogens is 4. The fourth-order valence-corrected chi connectivity index (χ4v) is 2.65. The molecule has 0 radical (unpaired) electrons. The zero-order valence-corrected chi connectivity index (χ0v) is 12.4. The lowest BCUT2D eigenvalue weighted by atomic mass is 10.5. The van der Waals surface area contributed by atoms with Crippen molar-refractivity contribution in [2.24, 2.45) is 0 Å². The van der Waals surface area contributed by atoms with Gasteiger partial charge in [0, 0.05) is 24.9 Å². The van der Waals surface area contributed by atoms with Gasteiger partial charge < -0.3 is 10.3 Å². The molecule has 0 aliphatic heterocycles. The molecule has 6 nitrogen and oxygen atoms in total. The van der Waals surface area contributed by atoms with Crippen molar-refractivity contribution < 1.29 is 0 Å². The number of rotatable bonds is 4. The lowest BCUT2D eigenvalue weighted by molar-refractivity contribution is 0.875. The molecule has 2 heterocycles. The predicted molar refractivity (Wildman–Crippen MR) is 77.1 cm³/mol. The number of nitrogens with zero attached hydrogens (tertiary/aromatic N) is 3. The van der Waals surface area contributed by atoms with E-state index < -0.39 is 0 Å². The topological polar surface area (TPSA) is 83.6 Å². The molecular formula is C11H13N5OS2. The molecule has 0 bridgehead atoms. The average Bonchev–Trinajstić information content (AvgIpc) is 2.37. The van der Waals surface area contributed by atoms with Crippen LogP contribution in [-0.4, -0.2) is 33.2 Å². The van der Waals surface area contributed by atoms with Crippen LogP contribution in [0.3, 0.4) is 0 Å². The van der Waals surface area contributed by atoms with E-state index in [9.17, 15) is 4.79 Å². The maximum Gasteiger partial charge on any atom is 0.251 e. The summed E-state index contributed by atoms with van der Waals surface area (Å²) in [5.41, 5.74) is 0.516. The molecule has 0 saturated heterocycles. The van der Waals surface area contributed by atoms with Crippen molar-refractivity contribution in [2.45, 2.75) is 22.3 Å². The van der Waals surface area contributed by atoms with Gasteiger partial charge in [0.15, 0.2) is 10.3 Å². The molecule has 0 spiro atoms. The first-order chi connectivity index (χ1) is 9.10. The van der Waals surface area contributed by atoms with Crippen molar-refractivity contribution in [3.05, 3.63) is 28.2 Å². The molecule has 2 aromatic heterocycles. The van der Waals surface area contributed by atoms with Crippen molar-refractivity contribution >= 4 is 29.3 Å². The Morgan fingerprint density at radius 2 is 2.05 bits per heavy atom. The van der Waals surface area contributed by atoms with E-state index in [1.807, 2.05) is 12.3 Å². The van der Waals surface area contributed by atoms with Crippen molar-refractivity contribution in [2.75, 3.05) is 18.6 Å². The third kappa shape index (κ3) is 3.71. The first-order valence-corrected chi connectivity index (χ1v) is 7.51. The third-order valence-corrected chi connectivity index (χ3v) is 3.52. The van der Waals surface area contributed by atoms with Gasteiger partial charge in [-0.15, -0.1) is 0 Å². The van der Waals surface area contributed by atoms with Gasteiger partial charge in [-0.05, 0) is 24.9 Å². The number of anilines is 1. The quantitative estimate of drug-likeness (QED) is 0.505. The van der Waals surface area contributed by atoms with E-state index in [0.717, 1.165) is 10.8 Å². The number of nitrogens with one attached hydrogen (secondary N) is 2. The number of hydrogen-bond acceptors (Lipinski definition) is 7. The highest BCUT2D eigenvalue weighted by molar-refractivity contribution is 7.99. The van der Waals surface area contributed by atoms with E-state index in [0.29, 0.717) is 16.0 Å². The van der Waals surface area contributed by atoms with Crippen LogP contribution in [-0.2, 0) is 0 Å². The van der Waals surface area contributed by atoms with Gasteiger partial charge in [0.25, 0.3) is 5.56 Å². The lowest BCUT2D eigenvalue weighted by Gasteiger charge is -2.05. The van der Waals surface area contributed by atoms with Gasteiger partial charge in [0.2, 0.25) is 0 Å². The van der Waals surface area contributed by atoms with Gasteiger partial charge in [0.05, 0.1) is 0 Å². The Bertz CT molecular complexity index is 621. The van der Waals surface area contributed by atoms with Crippen LogP contribution in [0.15, 0.2) is 32.3 Å². The van der Waals surface area contributed by atoms with E-state index in [4.69, 9.17) is 0 Å².